The van der Waals surface area contributed by atoms with Crippen molar-refractivity contribution in [2.75, 3.05) is 5.32 Å². The summed E-state index contributed by atoms with van der Waals surface area (Å²) in [6.07, 6.45) is 1.21. The molecule has 0 radical (unpaired) electrons. The largest absolute Gasteiger partial charge is 0.306 e. The van der Waals surface area contributed by atoms with Crippen molar-refractivity contribution in [3.8, 4) is 0 Å². The summed E-state index contributed by atoms with van der Waals surface area (Å²) in [5.41, 5.74) is -2.10. The molecule has 1 aromatic carbocycles. The second kappa shape index (κ2) is 5.75. The summed E-state index contributed by atoms with van der Waals surface area (Å²) in [6, 6.07) is 2.49. The van der Waals surface area contributed by atoms with Crippen LogP contribution in [0.25, 0.3) is 0 Å². The Kier molecular flexibility index (Phi) is 4.03. The normalized spacial score (nSPS) is 10.2. The summed E-state index contributed by atoms with van der Waals surface area (Å²) >= 11 is 5.49. The van der Waals surface area contributed by atoms with E-state index in [1.165, 1.54) is 12.3 Å². The molecule has 7 nitrogen and oxygen atoms in total. The summed E-state index contributed by atoms with van der Waals surface area (Å²) in [5.74, 6) is -4.15. The highest BCUT2D eigenvalue weighted by Crippen LogP contribution is 2.23. The van der Waals surface area contributed by atoms with Gasteiger partial charge in [-0.05, 0) is 23.7 Å². The highest BCUT2D eigenvalue weighted by molar-refractivity contribution is 6.28. The van der Waals surface area contributed by atoms with Gasteiger partial charge in [0.2, 0.25) is 11.1 Å². The number of anilines is 1. The quantitative estimate of drug-likeness (QED) is 0.533. The number of hydrogen-bond donors (Lipinski definition) is 1. The summed E-state index contributed by atoms with van der Waals surface area (Å²) in [5, 5.41) is 12.5. The van der Waals surface area contributed by atoms with Crippen molar-refractivity contribution < 1.29 is 18.5 Å². The van der Waals surface area contributed by atoms with Crippen molar-refractivity contribution in [3.63, 3.8) is 0 Å². The highest BCUT2D eigenvalue weighted by Gasteiger charge is 2.26. The Bertz CT molecular complexity index is 741. The number of aromatic nitrogens is 2. The SMILES string of the molecule is O=C(Nc1ccnc(Cl)n1)c1c(F)ccc([N+](=O)[O-])c1F. The molecule has 2 rings (SSSR count). The number of carbonyl (C=O) groups excluding carboxylic acids is 1. The Morgan fingerprint density at radius 1 is 1.33 bits per heavy atom. The minimum Gasteiger partial charge on any atom is -0.306 e. The fraction of sp³-hybridized carbons (Fsp3) is 0. The number of rotatable bonds is 3. The topological polar surface area (TPSA) is 98.0 Å². The molecule has 0 fully saturated rings. The van der Waals surface area contributed by atoms with Gasteiger partial charge in [-0.1, -0.05) is 0 Å². The van der Waals surface area contributed by atoms with Gasteiger partial charge in [0.05, 0.1) is 4.92 Å². The lowest BCUT2D eigenvalue weighted by molar-refractivity contribution is -0.387. The van der Waals surface area contributed by atoms with Gasteiger partial charge in [-0.2, -0.15) is 4.39 Å². The van der Waals surface area contributed by atoms with E-state index in [0.717, 1.165) is 0 Å². The maximum absolute atomic E-state index is 13.8. The van der Waals surface area contributed by atoms with E-state index in [4.69, 9.17) is 11.6 Å². The molecule has 1 N–H and O–H groups in total. The van der Waals surface area contributed by atoms with Gasteiger partial charge in [0, 0.05) is 12.3 Å². The average molecular weight is 315 g/mol. The number of benzene rings is 1. The van der Waals surface area contributed by atoms with E-state index < -0.39 is 33.7 Å². The lowest BCUT2D eigenvalue weighted by Crippen LogP contribution is -2.17. The second-order valence-corrected chi connectivity index (χ2v) is 4.02. The maximum atomic E-state index is 13.8. The van der Waals surface area contributed by atoms with Crippen LogP contribution in [0, 0.1) is 21.7 Å². The van der Waals surface area contributed by atoms with Crippen molar-refractivity contribution >= 4 is 29.0 Å². The molecule has 2 aromatic rings. The first kappa shape index (κ1) is 14.7. The van der Waals surface area contributed by atoms with Crippen molar-refractivity contribution in [1.82, 2.24) is 9.97 Å². The van der Waals surface area contributed by atoms with Gasteiger partial charge in [-0.25, -0.2) is 14.4 Å². The molecular formula is C11H5ClF2N4O3. The molecule has 10 heteroatoms. The first-order valence-corrected chi connectivity index (χ1v) is 5.70. The summed E-state index contributed by atoms with van der Waals surface area (Å²) in [7, 11) is 0. The molecule has 0 unspecified atom stereocenters. The fourth-order valence-corrected chi connectivity index (χ4v) is 1.62. The Balaban J connectivity index is 2.39. The number of nitro benzene ring substituents is 1. The first-order valence-electron chi connectivity index (χ1n) is 5.32. The molecular weight excluding hydrogens is 310 g/mol. The molecule has 0 aliphatic carbocycles. The molecule has 0 aliphatic rings. The van der Waals surface area contributed by atoms with Gasteiger partial charge < -0.3 is 5.32 Å². The second-order valence-electron chi connectivity index (χ2n) is 3.68. The van der Waals surface area contributed by atoms with Gasteiger partial charge >= 0.3 is 5.69 Å². The Labute approximate surface area is 120 Å². The average Bonchev–Trinajstić information content (AvgIpc) is 2.38. The fourth-order valence-electron chi connectivity index (χ4n) is 1.47. The van der Waals surface area contributed by atoms with Crippen LogP contribution in [0.1, 0.15) is 10.4 Å². The zero-order valence-corrected chi connectivity index (χ0v) is 10.8. The van der Waals surface area contributed by atoms with Crippen LogP contribution in [-0.2, 0) is 0 Å². The third kappa shape index (κ3) is 3.08. The van der Waals surface area contributed by atoms with E-state index in [2.05, 4.69) is 15.3 Å². The predicted molar refractivity (Wildman–Crippen MR) is 68.0 cm³/mol. The third-order valence-electron chi connectivity index (χ3n) is 2.36. The summed E-state index contributed by atoms with van der Waals surface area (Å²) in [6.45, 7) is 0. The van der Waals surface area contributed by atoms with Crippen molar-refractivity contribution in [2.24, 2.45) is 0 Å². The number of amides is 1. The van der Waals surface area contributed by atoms with E-state index in [9.17, 15) is 23.7 Å². The minimum atomic E-state index is -1.57. The Morgan fingerprint density at radius 3 is 2.67 bits per heavy atom. The minimum absolute atomic E-state index is 0.106. The van der Waals surface area contributed by atoms with Crippen LogP contribution in [0.2, 0.25) is 5.28 Å². The molecule has 1 heterocycles. The third-order valence-corrected chi connectivity index (χ3v) is 2.54. The molecule has 0 saturated heterocycles. The van der Waals surface area contributed by atoms with Gasteiger partial charge in [0.1, 0.15) is 17.2 Å². The van der Waals surface area contributed by atoms with Crippen LogP contribution in [0.4, 0.5) is 20.3 Å². The Morgan fingerprint density at radius 2 is 2.05 bits per heavy atom. The molecule has 0 bridgehead atoms. The number of nitrogens with one attached hydrogen (secondary N) is 1. The van der Waals surface area contributed by atoms with Crippen LogP contribution in [0.5, 0.6) is 0 Å². The van der Waals surface area contributed by atoms with E-state index in [-0.39, 0.29) is 11.1 Å². The molecule has 1 aromatic heterocycles. The van der Waals surface area contributed by atoms with Crippen LogP contribution in [0.15, 0.2) is 24.4 Å². The lowest BCUT2D eigenvalue weighted by atomic mass is 10.1. The van der Waals surface area contributed by atoms with Crippen LogP contribution < -0.4 is 5.32 Å². The monoisotopic (exact) mass is 314 g/mol. The predicted octanol–water partition coefficient (Wildman–Crippen LogP) is 2.57. The summed E-state index contributed by atoms with van der Waals surface area (Å²) < 4.78 is 27.4. The highest BCUT2D eigenvalue weighted by atomic mass is 35.5. The van der Waals surface area contributed by atoms with Crippen LogP contribution >= 0.6 is 11.6 Å². The van der Waals surface area contributed by atoms with Crippen molar-refractivity contribution in [3.05, 3.63) is 57.0 Å². The smallest absolute Gasteiger partial charge is 0.305 e. The molecule has 0 atom stereocenters. The van der Waals surface area contributed by atoms with Gasteiger partial charge in [-0.15, -0.1) is 0 Å². The number of carbonyl (C=O) groups is 1. The number of nitrogens with zero attached hydrogens (tertiary/aromatic N) is 3. The number of hydrogen-bond acceptors (Lipinski definition) is 5. The van der Waals surface area contributed by atoms with E-state index in [0.29, 0.717) is 12.1 Å². The van der Waals surface area contributed by atoms with Gasteiger partial charge in [0.25, 0.3) is 5.91 Å². The van der Waals surface area contributed by atoms with Gasteiger partial charge in [0.15, 0.2) is 0 Å². The molecule has 21 heavy (non-hydrogen) atoms. The number of nitro groups is 1. The van der Waals surface area contributed by atoms with Crippen LogP contribution in [0.3, 0.4) is 0 Å². The van der Waals surface area contributed by atoms with E-state index >= 15 is 0 Å². The molecule has 0 aliphatic heterocycles. The zero-order chi connectivity index (χ0) is 15.6. The lowest BCUT2D eigenvalue weighted by Gasteiger charge is -2.06. The van der Waals surface area contributed by atoms with Gasteiger partial charge in [-0.3, -0.25) is 14.9 Å². The molecule has 1 amide bonds. The van der Waals surface area contributed by atoms with E-state index in [1.807, 2.05) is 0 Å². The standard InChI is InChI=1S/C11H5ClF2N4O3/c12-11-15-4-3-7(17-11)16-10(19)8-5(13)1-2-6(9(8)14)18(20)21/h1-4H,(H,15,16,17,19). The Hall–Kier alpha value is -2.68. The maximum Gasteiger partial charge on any atom is 0.305 e. The molecule has 108 valence electrons. The molecule has 0 spiro atoms. The van der Waals surface area contributed by atoms with Crippen LogP contribution in [-0.4, -0.2) is 20.8 Å². The van der Waals surface area contributed by atoms with Crippen molar-refractivity contribution in [2.45, 2.75) is 0 Å². The first-order chi connectivity index (χ1) is 9.90. The molecule has 0 saturated carbocycles. The van der Waals surface area contributed by atoms with E-state index in [1.54, 1.807) is 0 Å². The van der Waals surface area contributed by atoms with Crippen molar-refractivity contribution in [1.29, 1.82) is 0 Å². The number of halogens is 3. The summed E-state index contributed by atoms with van der Waals surface area (Å²) in [4.78, 5) is 28.5. The zero-order valence-electron chi connectivity index (χ0n) is 10.0.